The van der Waals surface area contributed by atoms with Gasteiger partial charge in [0.25, 0.3) is 0 Å². The molecule has 0 spiro atoms. The van der Waals surface area contributed by atoms with E-state index in [-0.39, 0.29) is 17.5 Å². The van der Waals surface area contributed by atoms with E-state index in [4.69, 9.17) is 25.5 Å². The van der Waals surface area contributed by atoms with Crippen molar-refractivity contribution in [3.63, 3.8) is 0 Å². The third-order valence-corrected chi connectivity index (χ3v) is 6.22. The predicted molar refractivity (Wildman–Crippen MR) is 128 cm³/mol. The van der Waals surface area contributed by atoms with E-state index in [9.17, 15) is 34.8 Å². The highest BCUT2D eigenvalue weighted by atomic mass is 32.2. The van der Waals surface area contributed by atoms with Crippen LogP contribution in [0.1, 0.15) is 47.1 Å². The number of benzene rings is 1. The number of hydrogen-bond donors (Lipinski definition) is 5. The number of alkyl halides is 6. The number of sulfonamides is 1. The molecule has 0 saturated carbocycles. The number of rotatable bonds is 8. The SMILES string of the molecule is CC(C)[C@H](CN)NC[C@H](C)NS(=O)(=O)c1ccc(C(C)(C)C)cc1.O=C(O)C(F)(F)F.O=C(O)C(F)(F)F. The molecule has 0 fully saturated rings. The molecule has 1 aromatic rings. The van der Waals surface area contributed by atoms with Crippen LogP contribution in [0.25, 0.3) is 0 Å². The normalized spacial score (nSPS) is 13.9. The fourth-order valence-electron chi connectivity index (χ4n) is 2.43. The summed E-state index contributed by atoms with van der Waals surface area (Å²) in [5, 5.41) is 17.6. The van der Waals surface area contributed by atoms with Crippen LogP contribution in [0.3, 0.4) is 0 Å². The Labute approximate surface area is 217 Å². The van der Waals surface area contributed by atoms with E-state index in [0.717, 1.165) is 5.56 Å². The maximum absolute atomic E-state index is 12.5. The number of carboxylic acid groups (broad SMARTS) is 2. The van der Waals surface area contributed by atoms with Crippen LogP contribution in [-0.4, -0.2) is 68.1 Å². The van der Waals surface area contributed by atoms with Gasteiger partial charge in [0.15, 0.2) is 0 Å². The topological polar surface area (TPSA) is 159 Å². The van der Waals surface area contributed by atoms with Gasteiger partial charge in [-0.1, -0.05) is 46.8 Å². The minimum Gasteiger partial charge on any atom is -0.475 e. The zero-order valence-electron chi connectivity index (χ0n) is 21.7. The molecule has 2 atom stereocenters. The average molecular weight is 584 g/mol. The van der Waals surface area contributed by atoms with Crippen LogP contribution in [0.4, 0.5) is 26.3 Å². The van der Waals surface area contributed by atoms with Crippen molar-refractivity contribution < 1.29 is 54.6 Å². The highest BCUT2D eigenvalue weighted by Crippen LogP contribution is 2.23. The smallest absolute Gasteiger partial charge is 0.475 e. The molecule has 0 bridgehead atoms. The lowest BCUT2D eigenvalue weighted by atomic mass is 9.87. The first-order chi connectivity index (χ1) is 16.9. The van der Waals surface area contributed by atoms with Crippen LogP contribution >= 0.6 is 0 Å². The van der Waals surface area contributed by atoms with Crippen molar-refractivity contribution in [1.82, 2.24) is 10.0 Å². The first kappa shape index (κ1) is 37.7. The molecule has 0 radical (unpaired) electrons. The minimum atomic E-state index is -5.08. The van der Waals surface area contributed by atoms with Gasteiger partial charge in [0.1, 0.15) is 0 Å². The molecule has 0 heterocycles. The lowest BCUT2D eigenvalue weighted by Gasteiger charge is -2.23. The Morgan fingerprint density at radius 2 is 1.26 bits per heavy atom. The summed E-state index contributed by atoms with van der Waals surface area (Å²) in [4.78, 5) is 18.1. The number of carboxylic acids is 2. The van der Waals surface area contributed by atoms with Gasteiger partial charge < -0.3 is 21.3 Å². The Kier molecular flexibility index (Phi) is 15.1. The van der Waals surface area contributed by atoms with Crippen LogP contribution in [0.5, 0.6) is 0 Å². The lowest BCUT2D eigenvalue weighted by molar-refractivity contribution is -0.193. The van der Waals surface area contributed by atoms with Gasteiger partial charge in [-0.15, -0.1) is 0 Å². The molecule has 0 aliphatic carbocycles. The summed E-state index contributed by atoms with van der Waals surface area (Å²) in [5.41, 5.74) is 6.84. The molecule has 0 aliphatic rings. The van der Waals surface area contributed by atoms with Gasteiger partial charge in [0.05, 0.1) is 4.90 Å². The molecule has 0 saturated heterocycles. The molecule has 38 heavy (non-hydrogen) atoms. The molecular formula is C22H35F6N3O6S. The van der Waals surface area contributed by atoms with Crippen molar-refractivity contribution in [2.75, 3.05) is 13.1 Å². The monoisotopic (exact) mass is 583 g/mol. The first-order valence-corrected chi connectivity index (χ1v) is 12.5. The standard InChI is InChI=1S/C18H33N3O2S.2C2HF3O2/c1-13(2)17(11-19)20-12-14(3)21-24(22,23)16-9-7-15(8-10-16)18(4,5)6;2*3-2(4,5)1(6)7/h7-10,13-14,17,20-21H,11-12,19H2,1-6H3;2*(H,6,7)/t14-,17-;;/m0../s1. The fourth-order valence-corrected chi connectivity index (χ4v) is 3.67. The zero-order valence-corrected chi connectivity index (χ0v) is 22.6. The molecular weight excluding hydrogens is 548 g/mol. The summed E-state index contributed by atoms with van der Waals surface area (Å²) in [5.74, 6) is -5.11. The van der Waals surface area contributed by atoms with E-state index in [2.05, 4.69) is 44.7 Å². The molecule has 6 N–H and O–H groups in total. The van der Waals surface area contributed by atoms with Crippen molar-refractivity contribution >= 4 is 22.0 Å². The molecule has 9 nitrogen and oxygen atoms in total. The van der Waals surface area contributed by atoms with Crippen LogP contribution < -0.4 is 15.8 Å². The third-order valence-electron chi connectivity index (χ3n) is 4.62. The summed E-state index contributed by atoms with van der Waals surface area (Å²) in [6.45, 7) is 13.4. The lowest BCUT2D eigenvalue weighted by Crippen LogP contribution is -2.47. The second kappa shape index (κ2) is 15.2. The summed E-state index contributed by atoms with van der Waals surface area (Å²) >= 11 is 0. The predicted octanol–water partition coefficient (Wildman–Crippen LogP) is 3.49. The van der Waals surface area contributed by atoms with Crippen molar-refractivity contribution in [2.45, 2.75) is 76.3 Å². The van der Waals surface area contributed by atoms with Crippen LogP contribution in [-0.2, 0) is 25.0 Å². The van der Waals surface area contributed by atoms with Crippen LogP contribution in [0.2, 0.25) is 0 Å². The molecule has 0 amide bonds. The number of nitrogens with two attached hydrogens (primary N) is 1. The maximum atomic E-state index is 12.5. The quantitative estimate of drug-likeness (QED) is 0.291. The molecule has 16 heteroatoms. The fraction of sp³-hybridized carbons (Fsp3) is 0.636. The zero-order chi connectivity index (χ0) is 30.7. The highest BCUT2D eigenvalue weighted by Gasteiger charge is 2.38. The van der Waals surface area contributed by atoms with Crippen molar-refractivity contribution in [2.24, 2.45) is 11.7 Å². The van der Waals surface area contributed by atoms with Gasteiger partial charge in [-0.05, 0) is 36.0 Å². The van der Waals surface area contributed by atoms with Crippen molar-refractivity contribution in [3.05, 3.63) is 29.8 Å². The second-order valence-corrected chi connectivity index (χ2v) is 11.1. The third kappa shape index (κ3) is 15.7. The van der Waals surface area contributed by atoms with E-state index < -0.39 is 34.3 Å². The van der Waals surface area contributed by atoms with Crippen LogP contribution in [0, 0.1) is 5.92 Å². The van der Waals surface area contributed by atoms with Crippen molar-refractivity contribution in [1.29, 1.82) is 0 Å². The molecule has 0 aliphatic heterocycles. The first-order valence-electron chi connectivity index (χ1n) is 11.0. The van der Waals surface area contributed by atoms with E-state index >= 15 is 0 Å². The average Bonchev–Trinajstić information content (AvgIpc) is 2.72. The summed E-state index contributed by atoms with van der Waals surface area (Å²) < 4.78 is 91.2. The van der Waals surface area contributed by atoms with Gasteiger partial charge in [-0.25, -0.2) is 22.7 Å². The largest absolute Gasteiger partial charge is 0.490 e. The van der Waals surface area contributed by atoms with Gasteiger partial charge in [-0.2, -0.15) is 26.3 Å². The number of nitrogens with one attached hydrogen (secondary N) is 2. The van der Waals surface area contributed by atoms with Gasteiger partial charge in [0, 0.05) is 25.2 Å². The second-order valence-electron chi connectivity index (χ2n) is 9.40. The molecule has 1 rings (SSSR count). The van der Waals surface area contributed by atoms with E-state index in [1.807, 2.05) is 19.1 Å². The molecule has 0 aromatic heterocycles. The molecule has 1 aromatic carbocycles. The highest BCUT2D eigenvalue weighted by molar-refractivity contribution is 7.89. The summed E-state index contributed by atoms with van der Waals surface area (Å²) in [6.07, 6.45) is -10.2. The Bertz CT molecular complexity index is 951. The Balaban J connectivity index is 0. The maximum Gasteiger partial charge on any atom is 0.490 e. The van der Waals surface area contributed by atoms with Crippen LogP contribution in [0.15, 0.2) is 29.2 Å². The summed E-state index contributed by atoms with van der Waals surface area (Å²) in [7, 11) is -3.52. The Hall–Kier alpha value is -2.43. The number of carbonyl (C=O) groups is 2. The number of halogens is 6. The van der Waals surface area contributed by atoms with E-state index in [1.165, 1.54) is 0 Å². The van der Waals surface area contributed by atoms with E-state index in [0.29, 0.717) is 23.9 Å². The van der Waals surface area contributed by atoms with Gasteiger partial charge in [0.2, 0.25) is 10.0 Å². The van der Waals surface area contributed by atoms with Gasteiger partial charge >= 0.3 is 24.3 Å². The number of hydrogen-bond acceptors (Lipinski definition) is 6. The molecule has 0 unspecified atom stereocenters. The Morgan fingerprint density at radius 3 is 1.53 bits per heavy atom. The minimum absolute atomic E-state index is 0.00101. The number of aliphatic carboxylic acids is 2. The van der Waals surface area contributed by atoms with Gasteiger partial charge in [-0.3, -0.25) is 0 Å². The van der Waals surface area contributed by atoms with Crippen molar-refractivity contribution in [3.8, 4) is 0 Å². The Morgan fingerprint density at radius 1 is 0.895 bits per heavy atom. The molecule has 222 valence electrons. The van der Waals surface area contributed by atoms with E-state index in [1.54, 1.807) is 12.1 Å². The summed E-state index contributed by atoms with van der Waals surface area (Å²) in [6, 6.07) is 7.05.